The van der Waals surface area contributed by atoms with Crippen molar-refractivity contribution in [3.63, 3.8) is 0 Å². The Morgan fingerprint density at radius 3 is 2.52 bits per heavy atom. The van der Waals surface area contributed by atoms with Crippen LogP contribution in [0, 0.1) is 0 Å². The van der Waals surface area contributed by atoms with E-state index >= 15 is 0 Å². The lowest BCUT2D eigenvalue weighted by Crippen LogP contribution is -2.66. The first-order chi connectivity index (χ1) is 19.2. The molecular weight excluding hydrogens is 550 g/mol. The number of H-pyrrole nitrogens is 1. The number of thiazole rings is 1. The van der Waals surface area contributed by atoms with Gasteiger partial charge in [0.1, 0.15) is 23.1 Å². The number of rotatable bonds is 7. The number of nitrogens with one attached hydrogen (secondary N) is 2. The summed E-state index contributed by atoms with van der Waals surface area (Å²) >= 11 is 7.74. The molecule has 5 rings (SSSR count). The van der Waals surface area contributed by atoms with Gasteiger partial charge in [-0.1, -0.05) is 11.6 Å². The van der Waals surface area contributed by atoms with Gasteiger partial charge in [0, 0.05) is 41.4 Å². The number of carbonyl (C=O) groups excluding carboxylic acids is 2. The average molecular weight is 582 g/mol. The first-order valence-electron chi connectivity index (χ1n) is 13.2. The number of aromatic amines is 1. The van der Waals surface area contributed by atoms with Crippen molar-refractivity contribution in [1.82, 2.24) is 25.3 Å². The van der Waals surface area contributed by atoms with Crippen molar-refractivity contribution in [3.05, 3.63) is 64.5 Å². The fourth-order valence-electron chi connectivity index (χ4n) is 4.99. The zero-order valence-corrected chi connectivity index (χ0v) is 24.3. The first kappa shape index (κ1) is 28.0. The second kappa shape index (κ2) is 11.5. The second-order valence-corrected chi connectivity index (χ2v) is 12.1. The van der Waals surface area contributed by atoms with Gasteiger partial charge in [-0.15, -0.1) is 11.3 Å². The first-order valence-corrected chi connectivity index (χ1v) is 14.4. The average Bonchev–Trinajstić information content (AvgIpc) is 3.62. The van der Waals surface area contributed by atoms with E-state index in [4.69, 9.17) is 16.3 Å². The van der Waals surface area contributed by atoms with Gasteiger partial charge in [0.2, 0.25) is 0 Å². The molecule has 10 nitrogen and oxygen atoms in total. The van der Waals surface area contributed by atoms with Gasteiger partial charge in [-0.3, -0.25) is 4.79 Å². The van der Waals surface area contributed by atoms with Crippen molar-refractivity contribution in [2.24, 2.45) is 0 Å². The van der Waals surface area contributed by atoms with E-state index in [1.54, 1.807) is 67.6 Å². The van der Waals surface area contributed by atoms with Crippen LogP contribution < -0.4 is 15.1 Å². The van der Waals surface area contributed by atoms with Crippen molar-refractivity contribution in [1.29, 1.82) is 0 Å². The molecular formula is C28H32ClN7O3S. The number of hydrogen-bond acceptors (Lipinski definition) is 8. The minimum atomic E-state index is -1.28. The Hall–Kier alpha value is -3.54. The van der Waals surface area contributed by atoms with Gasteiger partial charge in [0.05, 0.1) is 10.4 Å². The van der Waals surface area contributed by atoms with Gasteiger partial charge in [-0.05, 0) is 77.0 Å². The zero-order valence-electron chi connectivity index (χ0n) is 22.7. The normalized spacial score (nSPS) is 15.1. The molecule has 0 bridgehead atoms. The molecule has 1 fully saturated rings. The Morgan fingerprint density at radius 1 is 1.10 bits per heavy atom. The number of nitrogens with zero attached hydrogens (tertiary/aromatic N) is 5. The predicted molar refractivity (Wildman–Crippen MR) is 157 cm³/mol. The summed E-state index contributed by atoms with van der Waals surface area (Å²) in [7, 11) is 0. The number of carbonyl (C=O) groups is 2. The number of anilines is 2. The van der Waals surface area contributed by atoms with Gasteiger partial charge < -0.3 is 19.9 Å². The van der Waals surface area contributed by atoms with Crippen molar-refractivity contribution in [2.45, 2.75) is 51.2 Å². The number of ether oxygens (including phenoxy) is 1. The number of amides is 2. The topological polar surface area (TPSA) is 116 Å². The molecule has 4 aromatic rings. The highest BCUT2D eigenvalue weighted by atomic mass is 35.5. The molecule has 210 valence electrons. The molecule has 1 aliphatic rings. The van der Waals surface area contributed by atoms with E-state index in [1.807, 2.05) is 17.5 Å². The molecule has 1 aliphatic heterocycles. The second-order valence-electron chi connectivity index (χ2n) is 10.6. The molecule has 3 aromatic heterocycles. The number of aromatic nitrogens is 4. The molecule has 1 saturated heterocycles. The number of benzene rings is 1. The standard InChI is InChI=1S/C28H32ClN7O3S/c1-27(2,3)39-26(38)36(24-21-8-12-32-23(21)33-18-34-24)28(10-13-30-14-11-28)25(37)35(16-9-22-31-15-17-40-22)20-6-4-19(29)5-7-20/h4-8,12,15,17-18,30H,9-11,13-14,16H2,1-3H3,(H,32,33,34). The van der Waals surface area contributed by atoms with E-state index in [0.29, 0.717) is 66.5 Å². The molecule has 0 unspecified atom stereocenters. The number of halogens is 1. The van der Waals surface area contributed by atoms with Gasteiger partial charge >= 0.3 is 6.09 Å². The Morgan fingerprint density at radius 2 is 1.85 bits per heavy atom. The minimum absolute atomic E-state index is 0.221. The van der Waals surface area contributed by atoms with Crippen LogP contribution in [0.1, 0.15) is 38.6 Å². The Labute approximate surface area is 241 Å². The molecule has 0 radical (unpaired) electrons. The summed E-state index contributed by atoms with van der Waals surface area (Å²) < 4.78 is 5.93. The lowest BCUT2D eigenvalue weighted by atomic mass is 9.84. The van der Waals surface area contributed by atoms with Gasteiger partial charge in [0.25, 0.3) is 5.91 Å². The molecule has 2 N–H and O–H groups in total. The van der Waals surface area contributed by atoms with Gasteiger partial charge in [-0.25, -0.2) is 24.6 Å². The molecule has 0 spiro atoms. The Kier molecular flexibility index (Phi) is 8.07. The fourth-order valence-corrected chi connectivity index (χ4v) is 5.72. The molecule has 40 heavy (non-hydrogen) atoms. The number of piperidine rings is 1. The largest absolute Gasteiger partial charge is 0.443 e. The Bertz CT molecular complexity index is 1460. The summed E-state index contributed by atoms with van der Waals surface area (Å²) in [4.78, 5) is 48.6. The van der Waals surface area contributed by atoms with Crippen LogP contribution in [-0.2, 0) is 16.0 Å². The highest BCUT2D eigenvalue weighted by Gasteiger charge is 2.52. The molecule has 4 heterocycles. The van der Waals surface area contributed by atoms with E-state index in [-0.39, 0.29) is 5.91 Å². The Balaban J connectivity index is 1.65. The van der Waals surface area contributed by atoms with E-state index in [1.165, 1.54) is 11.2 Å². The smallest absolute Gasteiger partial charge is 0.417 e. The van der Waals surface area contributed by atoms with Gasteiger partial charge in [0.15, 0.2) is 5.82 Å². The number of hydrogen-bond donors (Lipinski definition) is 2. The van der Waals surface area contributed by atoms with E-state index in [2.05, 4.69) is 25.3 Å². The summed E-state index contributed by atoms with van der Waals surface area (Å²) in [5.74, 6) is 0.104. The summed E-state index contributed by atoms with van der Waals surface area (Å²) in [5.41, 5.74) is -0.831. The summed E-state index contributed by atoms with van der Waals surface area (Å²) in [5, 5.41) is 7.37. The maximum absolute atomic E-state index is 15.0. The van der Waals surface area contributed by atoms with Crippen LogP contribution in [0.4, 0.5) is 16.3 Å². The van der Waals surface area contributed by atoms with Crippen LogP contribution in [0.25, 0.3) is 11.0 Å². The molecule has 1 aromatic carbocycles. The molecule has 12 heteroatoms. The maximum atomic E-state index is 15.0. The third kappa shape index (κ3) is 5.81. The lowest BCUT2D eigenvalue weighted by molar-refractivity contribution is -0.124. The van der Waals surface area contributed by atoms with Crippen molar-refractivity contribution < 1.29 is 14.3 Å². The fraction of sp³-hybridized carbons (Fsp3) is 0.393. The zero-order chi connectivity index (χ0) is 28.3. The monoisotopic (exact) mass is 581 g/mol. The molecule has 0 aliphatic carbocycles. The SMILES string of the molecule is CC(C)(C)OC(=O)N(c1ncnc2[nH]ccc12)C1(C(=O)N(CCc2nccs2)c2ccc(Cl)cc2)CCNCC1. The van der Waals surface area contributed by atoms with Gasteiger partial charge in [-0.2, -0.15) is 0 Å². The maximum Gasteiger partial charge on any atom is 0.417 e. The van der Waals surface area contributed by atoms with Crippen LogP contribution in [0.5, 0.6) is 0 Å². The highest BCUT2D eigenvalue weighted by Crippen LogP contribution is 2.38. The summed E-state index contributed by atoms with van der Waals surface area (Å²) in [6.07, 6.45) is 5.53. The van der Waals surface area contributed by atoms with E-state index in [0.717, 1.165) is 5.01 Å². The van der Waals surface area contributed by atoms with Crippen molar-refractivity contribution in [3.8, 4) is 0 Å². The van der Waals surface area contributed by atoms with Crippen LogP contribution in [0.3, 0.4) is 0 Å². The third-order valence-corrected chi connectivity index (χ3v) is 7.89. The van der Waals surface area contributed by atoms with Crippen LogP contribution in [0.15, 0.2) is 54.4 Å². The molecule has 2 amide bonds. The van der Waals surface area contributed by atoms with Crippen LogP contribution in [-0.4, -0.2) is 62.7 Å². The summed E-state index contributed by atoms with van der Waals surface area (Å²) in [6.45, 7) is 6.86. The van der Waals surface area contributed by atoms with Crippen LogP contribution in [0.2, 0.25) is 5.02 Å². The summed E-state index contributed by atoms with van der Waals surface area (Å²) in [6, 6.07) is 8.97. The lowest BCUT2D eigenvalue weighted by Gasteiger charge is -2.46. The highest BCUT2D eigenvalue weighted by molar-refractivity contribution is 7.09. The minimum Gasteiger partial charge on any atom is -0.443 e. The van der Waals surface area contributed by atoms with Crippen LogP contribution >= 0.6 is 22.9 Å². The number of fused-ring (bicyclic) bond motifs is 1. The van der Waals surface area contributed by atoms with Crippen molar-refractivity contribution >= 4 is 57.5 Å². The van der Waals surface area contributed by atoms with Crippen molar-refractivity contribution in [2.75, 3.05) is 29.4 Å². The van der Waals surface area contributed by atoms with E-state index in [9.17, 15) is 9.59 Å². The molecule has 0 atom stereocenters. The predicted octanol–water partition coefficient (Wildman–Crippen LogP) is 5.21. The third-order valence-electron chi connectivity index (χ3n) is 6.79. The van der Waals surface area contributed by atoms with E-state index < -0.39 is 17.2 Å². The quantitative estimate of drug-likeness (QED) is 0.308. The molecule has 0 saturated carbocycles.